The van der Waals surface area contributed by atoms with Crippen molar-refractivity contribution in [1.82, 2.24) is 15.0 Å². The number of nitrogens with zero attached hydrogens (tertiary/aromatic N) is 3. The smallest absolute Gasteiger partial charge is 0.253 e. The molecule has 2 heterocycles. The normalized spacial score (nSPS) is 15.0. The molecule has 0 aliphatic carbocycles. The van der Waals surface area contributed by atoms with Crippen LogP contribution in [-0.4, -0.2) is 34.0 Å². The minimum atomic E-state index is 0.108. The number of piperidine rings is 1. The van der Waals surface area contributed by atoms with Crippen LogP contribution in [0.4, 0.5) is 0 Å². The molecule has 1 fully saturated rings. The Morgan fingerprint density at radius 2 is 1.71 bits per heavy atom. The summed E-state index contributed by atoms with van der Waals surface area (Å²) >= 11 is 0. The van der Waals surface area contributed by atoms with Crippen LogP contribution in [0.25, 0.3) is 11.4 Å². The van der Waals surface area contributed by atoms with Gasteiger partial charge >= 0.3 is 0 Å². The van der Waals surface area contributed by atoms with E-state index in [0.717, 1.165) is 40.7 Å². The Hall–Kier alpha value is -2.95. The van der Waals surface area contributed by atoms with Crippen molar-refractivity contribution >= 4 is 5.91 Å². The van der Waals surface area contributed by atoms with Crippen LogP contribution in [0.15, 0.2) is 47.0 Å². The zero-order chi connectivity index (χ0) is 19.7. The molecule has 1 aliphatic heterocycles. The largest absolute Gasteiger partial charge is 0.339 e. The quantitative estimate of drug-likeness (QED) is 0.667. The molecule has 1 aromatic heterocycles. The van der Waals surface area contributed by atoms with E-state index in [2.05, 4.69) is 16.2 Å². The first-order valence-corrected chi connectivity index (χ1v) is 9.78. The van der Waals surface area contributed by atoms with Crippen molar-refractivity contribution < 1.29 is 9.32 Å². The molecule has 0 saturated carbocycles. The van der Waals surface area contributed by atoms with Gasteiger partial charge in [-0.3, -0.25) is 4.79 Å². The number of rotatable bonds is 3. The molecule has 1 amide bonds. The maximum absolute atomic E-state index is 12.8. The van der Waals surface area contributed by atoms with Crippen molar-refractivity contribution in [2.75, 3.05) is 13.1 Å². The van der Waals surface area contributed by atoms with E-state index in [0.29, 0.717) is 24.8 Å². The van der Waals surface area contributed by atoms with Gasteiger partial charge in [0.15, 0.2) is 0 Å². The van der Waals surface area contributed by atoms with Crippen LogP contribution in [-0.2, 0) is 0 Å². The second kappa shape index (κ2) is 7.58. The Morgan fingerprint density at radius 3 is 2.39 bits per heavy atom. The summed E-state index contributed by atoms with van der Waals surface area (Å²) in [6, 6.07) is 14.1. The maximum Gasteiger partial charge on any atom is 0.253 e. The molecule has 1 saturated heterocycles. The molecule has 4 rings (SSSR count). The first-order valence-electron chi connectivity index (χ1n) is 9.78. The molecule has 2 aromatic carbocycles. The van der Waals surface area contributed by atoms with E-state index in [-0.39, 0.29) is 11.8 Å². The summed E-state index contributed by atoms with van der Waals surface area (Å²) in [5.41, 5.74) is 5.14. The number of likely N-dealkylation sites (tertiary alicyclic amines) is 1. The minimum Gasteiger partial charge on any atom is -0.339 e. The molecular weight excluding hydrogens is 350 g/mol. The number of amides is 1. The molecule has 5 heteroatoms. The average molecular weight is 375 g/mol. The summed E-state index contributed by atoms with van der Waals surface area (Å²) < 4.78 is 5.56. The van der Waals surface area contributed by atoms with Gasteiger partial charge in [-0.2, -0.15) is 4.98 Å². The van der Waals surface area contributed by atoms with Crippen molar-refractivity contribution in [3.63, 3.8) is 0 Å². The number of hydrogen-bond acceptors (Lipinski definition) is 4. The SMILES string of the molecule is Cc1cc(C)cc(C(=O)N2CCC(c3nc(-c4ccccc4C)no3)CC2)c1. The van der Waals surface area contributed by atoms with Gasteiger partial charge in [-0.1, -0.05) is 46.6 Å². The summed E-state index contributed by atoms with van der Waals surface area (Å²) in [5.74, 6) is 1.63. The predicted molar refractivity (Wildman–Crippen MR) is 108 cm³/mol. The fourth-order valence-electron chi connectivity index (χ4n) is 3.94. The van der Waals surface area contributed by atoms with Gasteiger partial charge in [0.2, 0.25) is 11.7 Å². The van der Waals surface area contributed by atoms with Gasteiger partial charge in [0.1, 0.15) is 0 Å². The molecule has 28 heavy (non-hydrogen) atoms. The zero-order valence-corrected chi connectivity index (χ0v) is 16.6. The summed E-state index contributed by atoms with van der Waals surface area (Å²) in [5, 5.41) is 4.18. The van der Waals surface area contributed by atoms with Crippen LogP contribution in [0.3, 0.4) is 0 Å². The third-order valence-electron chi connectivity index (χ3n) is 5.43. The molecule has 5 nitrogen and oxygen atoms in total. The second-order valence-corrected chi connectivity index (χ2v) is 7.71. The molecule has 0 radical (unpaired) electrons. The van der Waals surface area contributed by atoms with Gasteiger partial charge in [-0.05, 0) is 51.3 Å². The summed E-state index contributed by atoms with van der Waals surface area (Å²) in [7, 11) is 0. The van der Waals surface area contributed by atoms with Crippen LogP contribution >= 0.6 is 0 Å². The summed E-state index contributed by atoms with van der Waals surface area (Å²) in [4.78, 5) is 19.4. The molecule has 1 aliphatic rings. The van der Waals surface area contributed by atoms with Gasteiger partial charge in [-0.25, -0.2) is 0 Å². The fraction of sp³-hybridized carbons (Fsp3) is 0.348. The van der Waals surface area contributed by atoms with E-state index in [9.17, 15) is 4.79 Å². The highest BCUT2D eigenvalue weighted by molar-refractivity contribution is 5.94. The van der Waals surface area contributed by atoms with Crippen LogP contribution < -0.4 is 0 Å². The first kappa shape index (κ1) is 18.4. The lowest BCUT2D eigenvalue weighted by Gasteiger charge is -2.30. The number of aromatic nitrogens is 2. The Kier molecular flexibility index (Phi) is 4.99. The standard InChI is InChI=1S/C23H25N3O2/c1-15-12-16(2)14-19(13-15)23(27)26-10-8-18(9-11-26)22-24-21(25-28-22)20-7-5-4-6-17(20)3/h4-7,12-14,18H,8-11H2,1-3H3. The van der Waals surface area contributed by atoms with Crippen molar-refractivity contribution in [1.29, 1.82) is 0 Å². The Morgan fingerprint density at radius 1 is 1.04 bits per heavy atom. The lowest BCUT2D eigenvalue weighted by Crippen LogP contribution is -2.38. The Labute approximate surface area is 165 Å². The zero-order valence-electron chi connectivity index (χ0n) is 16.6. The Bertz CT molecular complexity index is 980. The van der Waals surface area contributed by atoms with Gasteiger partial charge < -0.3 is 9.42 Å². The highest BCUT2D eigenvalue weighted by atomic mass is 16.5. The topological polar surface area (TPSA) is 59.2 Å². The number of carbonyl (C=O) groups is 1. The van der Waals surface area contributed by atoms with E-state index in [4.69, 9.17) is 4.52 Å². The maximum atomic E-state index is 12.8. The molecule has 3 aromatic rings. The molecule has 0 spiro atoms. The lowest BCUT2D eigenvalue weighted by atomic mass is 9.96. The minimum absolute atomic E-state index is 0.108. The Balaban J connectivity index is 1.43. The number of benzene rings is 2. The van der Waals surface area contributed by atoms with Crippen molar-refractivity contribution in [2.24, 2.45) is 0 Å². The molecule has 0 bridgehead atoms. The van der Waals surface area contributed by atoms with E-state index >= 15 is 0 Å². The van der Waals surface area contributed by atoms with Crippen molar-refractivity contribution in [3.05, 3.63) is 70.6 Å². The predicted octanol–water partition coefficient (Wildman–Crippen LogP) is 4.68. The third kappa shape index (κ3) is 3.70. The molecule has 0 atom stereocenters. The van der Waals surface area contributed by atoms with Crippen LogP contribution in [0.5, 0.6) is 0 Å². The van der Waals surface area contributed by atoms with Gasteiger partial charge in [0, 0.05) is 30.1 Å². The average Bonchev–Trinajstić information content (AvgIpc) is 3.17. The molecule has 144 valence electrons. The highest BCUT2D eigenvalue weighted by Crippen LogP contribution is 2.30. The first-order chi connectivity index (χ1) is 13.5. The summed E-state index contributed by atoms with van der Waals surface area (Å²) in [6.07, 6.45) is 1.68. The van der Waals surface area contributed by atoms with E-state index < -0.39 is 0 Å². The summed E-state index contributed by atoms with van der Waals surface area (Å²) in [6.45, 7) is 7.51. The van der Waals surface area contributed by atoms with Gasteiger partial charge in [0.05, 0.1) is 0 Å². The van der Waals surface area contributed by atoms with Crippen molar-refractivity contribution in [2.45, 2.75) is 39.5 Å². The highest BCUT2D eigenvalue weighted by Gasteiger charge is 2.28. The van der Waals surface area contributed by atoms with Gasteiger partial charge in [0.25, 0.3) is 5.91 Å². The van der Waals surface area contributed by atoms with Crippen LogP contribution in [0.1, 0.15) is 51.7 Å². The second-order valence-electron chi connectivity index (χ2n) is 7.71. The van der Waals surface area contributed by atoms with Gasteiger partial charge in [-0.15, -0.1) is 0 Å². The monoisotopic (exact) mass is 375 g/mol. The number of aryl methyl sites for hydroxylation is 3. The fourth-order valence-corrected chi connectivity index (χ4v) is 3.94. The van der Waals surface area contributed by atoms with Crippen LogP contribution in [0.2, 0.25) is 0 Å². The van der Waals surface area contributed by atoms with E-state index in [1.54, 1.807) is 0 Å². The molecule has 0 N–H and O–H groups in total. The van der Waals surface area contributed by atoms with Crippen molar-refractivity contribution in [3.8, 4) is 11.4 Å². The molecule has 0 unspecified atom stereocenters. The van der Waals surface area contributed by atoms with Crippen LogP contribution in [0, 0.1) is 20.8 Å². The third-order valence-corrected chi connectivity index (χ3v) is 5.43. The van der Waals surface area contributed by atoms with E-state index in [1.165, 1.54) is 0 Å². The molecular formula is C23H25N3O2. The number of hydrogen-bond donors (Lipinski definition) is 0. The van der Waals surface area contributed by atoms with E-state index in [1.807, 2.05) is 62.1 Å². The lowest BCUT2D eigenvalue weighted by molar-refractivity contribution is 0.0704. The number of carbonyl (C=O) groups excluding carboxylic acids is 1.